The summed E-state index contributed by atoms with van der Waals surface area (Å²) in [5.74, 6) is 2.18. The third-order valence-electron chi connectivity index (χ3n) is 4.39. The van der Waals surface area contributed by atoms with Gasteiger partial charge < -0.3 is 21.3 Å². The van der Waals surface area contributed by atoms with Crippen molar-refractivity contribution in [1.29, 1.82) is 0 Å². The molecule has 0 aromatic heterocycles. The number of carbonyl (C=O) groups is 2. The van der Waals surface area contributed by atoms with Crippen molar-refractivity contribution >= 4 is 29.4 Å². The minimum atomic E-state index is -0.158. The Morgan fingerprint density at radius 3 is 2.68 bits per heavy atom. The molecule has 1 heterocycles. The molecule has 1 saturated carbocycles. The van der Waals surface area contributed by atoms with Crippen LogP contribution in [-0.2, 0) is 4.79 Å². The summed E-state index contributed by atoms with van der Waals surface area (Å²) in [6, 6.07) is 7.99. The third-order valence-corrected chi connectivity index (χ3v) is 5.52. The van der Waals surface area contributed by atoms with E-state index in [0.29, 0.717) is 12.5 Å². The first-order chi connectivity index (χ1) is 12.1. The molecule has 1 aromatic carbocycles. The summed E-state index contributed by atoms with van der Waals surface area (Å²) in [5, 5.41) is 12.1. The zero-order valence-corrected chi connectivity index (χ0v) is 15.3. The summed E-state index contributed by atoms with van der Waals surface area (Å²) in [5.41, 5.74) is 1.77. The van der Waals surface area contributed by atoms with E-state index in [1.807, 2.05) is 43.0 Å². The van der Waals surface area contributed by atoms with Crippen LogP contribution in [0.15, 0.2) is 24.3 Å². The highest BCUT2D eigenvalue weighted by molar-refractivity contribution is 7.99. The number of thioether (sulfide) groups is 1. The van der Waals surface area contributed by atoms with Crippen LogP contribution in [0, 0.1) is 0 Å². The molecule has 2 aliphatic rings. The van der Waals surface area contributed by atoms with Gasteiger partial charge in [-0.2, -0.15) is 11.8 Å². The zero-order chi connectivity index (χ0) is 17.6. The van der Waals surface area contributed by atoms with Gasteiger partial charge in [0.2, 0.25) is 5.91 Å². The lowest BCUT2D eigenvalue weighted by Gasteiger charge is -2.23. The van der Waals surface area contributed by atoms with E-state index in [1.54, 1.807) is 0 Å². The first-order valence-electron chi connectivity index (χ1n) is 8.88. The standard InChI is InChI=1S/C18H26N4O2S/c1-12(20-17(23)10-16-11-25-9-8-19-16)13-2-4-14(5-3-13)21-18(24)22-15-6-7-15/h2-5,12,15-16,19H,6-11H2,1H3,(H,20,23)(H2,21,22,24). The number of anilines is 1. The fourth-order valence-corrected chi connectivity index (χ4v) is 3.74. The predicted molar refractivity (Wildman–Crippen MR) is 102 cm³/mol. The van der Waals surface area contributed by atoms with Crippen molar-refractivity contribution in [2.75, 3.05) is 23.4 Å². The van der Waals surface area contributed by atoms with Gasteiger partial charge in [-0.1, -0.05) is 12.1 Å². The molecule has 1 aliphatic carbocycles. The number of hydrogen-bond acceptors (Lipinski definition) is 4. The normalized spacial score (nSPS) is 21.2. The Balaban J connectivity index is 1.45. The van der Waals surface area contributed by atoms with Crippen LogP contribution < -0.4 is 21.3 Å². The number of rotatable bonds is 6. The van der Waals surface area contributed by atoms with Crippen molar-refractivity contribution in [1.82, 2.24) is 16.0 Å². The maximum atomic E-state index is 12.2. The van der Waals surface area contributed by atoms with Crippen molar-refractivity contribution in [3.63, 3.8) is 0 Å². The van der Waals surface area contributed by atoms with Gasteiger partial charge >= 0.3 is 6.03 Å². The summed E-state index contributed by atoms with van der Waals surface area (Å²) in [6.07, 6.45) is 2.65. The summed E-state index contributed by atoms with van der Waals surface area (Å²) >= 11 is 1.89. The molecule has 2 fully saturated rings. The number of amides is 3. The van der Waals surface area contributed by atoms with Crippen LogP contribution in [0.2, 0.25) is 0 Å². The lowest BCUT2D eigenvalue weighted by Crippen LogP contribution is -2.41. The van der Waals surface area contributed by atoms with E-state index < -0.39 is 0 Å². The average Bonchev–Trinajstić information content (AvgIpc) is 3.40. The fourth-order valence-electron chi connectivity index (χ4n) is 2.79. The van der Waals surface area contributed by atoms with E-state index in [2.05, 4.69) is 21.3 Å². The SMILES string of the molecule is CC(NC(=O)CC1CSCCN1)c1ccc(NC(=O)NC2CC2)cc1. The highest BCUT2D eigenvalue weighted by atomic mass is 32.2. The Hall–Kier alpha value is -1.73. The second-order valence-corrected chi connectivity index (χ2v) is 7.86. The van der Waals surface area contributed by atoms with Crippen molar-refractivity contribution in [3.05, 3.63) is 29.8 Å². The molecule has 0 bridgehead atoms. The Labute approximate surface area is 152 Å². The fraction of sp³-hybridized carbons (Fsp3) is 0.556. The van der Waals surface area contributed by atoms with Crippen molar-refractivity contribution in [3.8, 4) is 0 Å². The highest BCUT2D eigenvalue weighted by Gasteiger charge is 2.23. The molecule has 1 aliphatic heterocycles. The third kappa shape index (κ3) is 5.93. The van der Waals surface area contributed by atoms with E-state index in [1.165, 1.54) is 0 Å². The van der Waals surface area contributed by atoms with Crippen LogP contribution in [0.4, 0.5) is 10.5 Å². The topological polar surface area (TPSA) is 82.3 Å². The van der Waals surface area contributed by atoms with Crippen LogP contribution in [0.25, 0.3) is 0 Å². The molecule has 3 rings (SSSR count). The molecule has 3 amide bonds. The second-order valence-electron chi connectivity index (χ2n) is 6.71. The van der Waals surface area contributed by atoms with Crippen molar-refractivity contribution in [2.45, 2.75) is 44.3 Å². The molecule has 1 aromatic rings. The quantitative estimate of drug-likeness (QED) is 0.626. The van der Waals surface area contributed by atoms with Gasteiger partial charge in [-0.3, -0.25) is 4.79 Å². The predicted octanol–water partition coefficient (Wildman–Crippen LogP) is 2.24. The molecule has 1 saturated heterocycles. The van der Waals surface area contributed by atoms with Crippen LogP contribution in [0.3, 0.4) is 0 Å². The second kappa shape index (κ2) is 8.58. The Bertz CT molecular complexity index is 598. The highest BCUT2D eigenvalue weighted by Crippen LogP contribution is 2.20. The van der Waals surface area contributed by atoms with Crippen molar-refractivity contribution < 1.29 is 9.59 Å². The van der Waals surface area contributed by atoms with Gasteiger partial charge in [0, 0.05) is 42.2 Å². The molecule has 0 spiro atoms. The number of urea groups is 1. The van der Waals surface area contributed by atoms with Gasteiger partial charge in [0.15, 0.2) is 0 Å². The van der Waals surface area contributed by atoms with Gasteiger partial charge in [-0.05, 0) is 37.5 Å². The van der Waals surface area contributed by atoms with Crippen LogP contribution in [-0.4, -0.2) is 42.1 Å². The van der Waals surface area contributed by atoms with Gasteiger partial charge in [0.05, 0.1) is 6.04 Å². The Morgan fingerprint density at radius 2 is 2.04 bits per heavy atom. The van der Waals surface area contributed by atoms with Gasteiger partial charge in [0.1, 0.15) is 0 Å². The average molecular weight is 362 g/mol. The van der Waals surface area contributed by atoms with Crippen LogP contribution >= 0.6 is 11.8 Å². The minimum Gasteiger partial charge on any atom is -0.350 e. The molecule has 7 heteroatoms. The summed E-state index contributed by atoms with van der Waals surface area (Å²) in [7, 11) is 0. The lowest BCUT2D eigenvalue weighted by atomic mass is 10.1. The Kier molecular flexibility index (Phi) is 6.20. The summed E-state index contributed by atoms with van der Waals surface area (Å²) in [4.78, 5) is 23.9. The first kappa shape index (κ1) is 18.1. The van der Waals surface area contributed by atoms with E-state index >= 15 is 0 Å². The van der Waals surface area contributed by atoms with E-state index in [-0.39, 0.29) is 24.0 Å². The van der Waals surface area contributed by atoms with Gasteiger partial charge in [-0.25, -0.2) is 4.79 Å². The molecule has 136 valence electrons. The zero-order valence-electron chi connectivity index (χ0n) is 14.5. The van der Waals surface area contributed by atoms with Crippen molar-refractivity contribution in [2.24, 2.45) is 0 Å². The Morgan fingerprint density at radius 1 is 1.28 bits per heavy atom. The smallest absolute Gasteiger partial charge is 0.319 e. The molecule has 25 heavy (non-hydrogen) atoms. The molecular weight excluding hydrogens is 336 g/mol. The van der Waals surface area contributed by atoms with Gasteiger partial charge in [0.25, 0.3) is 0 Å². The molecular formula is C18H26N4O2S. The van der Waals surface area contributed by atoms with Crippen LogP contribution in [0.5, 0.6) is 0 Å². The largest absolute Gasteiger partial charge is 0.350 e. The molecule has 6 nitrogen and oxygen atoms in total. The van der Waals surface area contributed by atoms with E-state index in [0.717, 1.165) is 42.1 Å². The molecule has 2 atom stereocenters. The maximum Gasteiger partial charge on any atom is 0.319 e. The monoisotopic (exact) mass is 362 g/mol. The number of benzene rings is 1. The molecule has 4 N–H and O–H groups in total. The number of carbonyl (C=O) groups excluding carboxylic acids is 2. The number of hydrogen-bond donors (Lipinski definition) is 4. The van der Waals surface area contributed by atoms with Gasteiger partial charge in [-0.15, -0.1) is 0 Å². The minimum absolute atomic E-state index is 0.0573. The number of nitrogens with one attached hydrogen (secondary N) is 4. The van der Waals surface area contributed by atoms with Crippen LogP contribution in [0.1, 0.15) is 37.8 Å². The van der Waals surface area contributed by atoms with E-state index in [9.17, 15) is 9.59 Å². The first-order valence-corrected chi connectivity index (χ1v) is 10.0. The molecule has 0 radical (unpaired) electrons. The summed E-state index contributed by atoms with van der Waals surface area (Å²) < 4.78 is 0. The maximum absolute atomic E-state index is 12.2. The molecule has 2 unspecified atom stereocenters. The van der Waals surface area contributed by atoms with E-state index in [4.69, 9.17) is 0 Å². The lowest BCUT2D eigenvalue weighted by molar-refractivity contribution is -0.122. The summed E-state index contributed by atoms with van der Waals surface area (Å²) in [6.45, 7) is 2.95.